The summed E-state index contributed by atoms with van der Waals surface area (Å²) in [6.07, 6.45) is -3.39. The van der Waals surface area contributed by atoms with Crippen molar-refractivity contribution in [3.05, 3.63) is 60.7 Å². The Morgan fingerprint density at radius 3 is 1.51 bits per heavy atom. The molecule has 252 valence electrons. The summed E-state index contributed by atoms with van der Waals surface area (Å²) in [6.45, 7) is 12.8. The van der Waals surface area contributed by atoms with Gasteiger partial charge < -0.3 is 23.4 Å². The third-order valence-electron chi connectivity index (χ3n) is 7.70. The van der Waals surface area contributed by atoms with E-state index in [1.54, 1.807) is 27.7 Å². The molecule has 0 unspecified atom stereocenters. The van der Waals surface area contributed by atoms with Gasteiger partial charge in [0.15, 0.2) is 11.6 Å². The highest BCUT2D eigenvalue weighted by molar-refractivity contribution is 7.86. The molecule has 4 rings (SSSR count). The lowest BCUT2D eigenvalue weighted by Gasteiger charge is -2.43. The maximum atomic E-state index is 12.7. The molecule has 45 heavy (non-hydrogen) atoms. The molecule has 2 saturated heterocycles. The molecule has 2 aliphatic heterocycles. The molecule has 0 aromatic heterocycles. The summed E-state index contributed by atoms with van der Waals surface area (Å²) in [5.74, 6) is -2.35. The summed E-state index contributed by atoms with van der Waals surface area (Å²) < 4.78 is 91.7. The highest BCUT2D eigenvalue weighted by Crippen LogP contribution is 2.41. The van der Waals surface area contributed by atoms with Crippen LogP contribution in [0.25, 0.3) is 0 Å². The zero-order valence-corrected chi connectivity index (χ0v) is 30.0. The fourth-order valence-electron chi connectivity index (χ4n) is 6.20. The fourth-order valence-corrected chi connectivity index (χ4v) is 11.8. The molecule has 5 atom stereocenters. The molecule has 2 heterocycles. The van der Waals surface area contributed by atoms with E-state index < -0.39 is 77.3 Å². The molecule has 0 N–H and O–H groups in total. The third-order valence-corrected chi connectivity index (χ3v) is 13.8. The summed E-state index contributed by atoms with van der Waals surface area (Å²) in [7, 11) is -10.9. The standard InChI is InChI=1S/C31H46O11S2Si/c1-29(2,3)45(22-16-12-10-13-17-22,23-18-14-11-15-19-23)37-21-25-27(41-31(6,7)39-25)28(42-44(9,34)35)26-24(20-36-43(8,32)33)38-30(4,5)40-26/h10-19,24-28H,20-21H2,1-9H3/t24-,25-,26-,27+,28+/m0/s1. The second-order valence-electron chi connectivity index (χ2n) is 13.5. The van der Waals surface area contributed by atoms with Gasteiger partial charge in [0.1, 0.15) is 30.5 Å². The molecule has 0 radical (unpaired) electrons. The van der Waals surface area contributed by atoms with Gasteiger partial charge >= 0.3 is 0 Å². The van der Waals surface area contributed by atoms with Crippen LogP contribution in [0.5, 0.6) is 0 Å². The van der Waals surface area contributed by atoms with Crippen molar-refractivity contribution in [1.29, 1.82) is 0 Å². The van der Waals surface area contributed by atoms with E-state index in [9.17, 15) is 16.8 Å². The van der Waals surface area contributed by atoms with Gasteiger partial charge in [-0.2, -0.15) is 16.8 Å². The average molecular weight is 687 g/mol. The molecule has 2 aliphatic rings. The molecular weight excluding hydrogens is 641 g/mol. The zero-order valence-electron chi connectivity index (χ0n) is 27.4. The van der Waals surface area contributed by atoms with Crippen LogP contribution in [-0.2, 0) is 52.0 Å². The number of hydrogen-bond acceptors (Lipinski definition) is 11. The maximum absolute atomic E-state index is 12.7. The Morgan fingerprint density at radius 2 is 1.13 bits per heavy atom. The van der Waals surface area contributed by atoms with Crippen LogP contribution in [0.15, 0.2) is 60.7 Å². The Hall–Kier alpha value is -1.72. The van der Waals surface area contributed by atoms with E-state index in [1.165, 1.54) is 0 Å². The Morgan fingerprint density at radius 1 is 0.711 bits per heavy atom. The van der Waals surface area contributed by atoms with Crippen LogP contribution >= 0.6 is 0 Å². The van der Waals surface area contributed by atoms with Gasteiger partial charge in [-0.25, -0.2) is 0 Å². The predicted octanol–water partition coefficient (Wildman–Crippen LogP) is 2.92. The molecule has 0 saturated carbocycles. The number of benzene rings is 2. The van der Waals surface area contributed by atoms with Crippen molar-refractivity contribution in [2.45, 2.75) is 95.6 Å². The zero-order chi connectivity index (χ0) is 33.5. The first-order valence-corrected chi connectivity index (χ1v) is 20.4. The van der Waals surface area contributed by atoms with Gasteiger partial charge in [0.05, 0.1) is 25.7 Å². The van der Waals surface area contributed by atoms with Crippen molar-refractivity contribution in [3.8, 4) is 0 Å². The molecule has 0 amide bonds. The molecule has 0 spiro atoms. The Kier molecular flexibility index (Phi) is 10.5. The first kappa shape index (κ1) is 36.1. The van der Waals surface area contributed by atoms with E-state index in [1.807, 2.05) is 36.4 Å². The van der Waals surface area contributed by atoms with E-state index in [2.05, 4.69) is 45.0 Å². The summed E-state index contributed by atoms with van der Waals surface area (Å²) in [4.78, 5) is 0. The van der Waals surface area contributed by atoms with E-state index in [0.29, 0.717) is 0 Å². The molecule has 2 aromatic rings. The van der Waals surface area contributed by atoms with Crippen molar-refractivity contribution < 1.29 is 48.6 Å². The van der Waals surface area contributed by atoms with Gasteiger partial charge in [0.2, 0.25) is 0 Å². The lowest BCUT2D eigenvalue weighted by Crippen LogP contribution is -2.67. The molecule has 0 bridgehead atoms. The van der Waals surface area contributed by atoms with Gasteiger partial charge in [-0.05, 0) is 43.1 Å². The molecule has 2 fully saturated rings. The highest BCUT2D eigenvalue weighted by atomic mass is 32.2. The molecule has 2 aromatic carbocycles. The maximum Gasteiger partial charge on any atom is 0.264 e. The molecule has 0 aliphatic carbocycles. The van der Waals surface area contributed by atoms with Crippen LogP contribution in [0.4, 0.5) is 0 Å². The Balaban J connectivity index is 1.76. The third kappa shape index (κ3) is 8.80. The summed E-state index contributed by atoms with van der Waals surface area (Å²) >= 11 is 0. The number of rotatable bonds is 12. The van der Waals surface area contributed by atoms with Crippen LogP contribution in [0.1, 0.15) is 48.5 Å². The van der Waals surface area contributed by atoms with Crippen LogP contribution in [0.2, 0.25) is 5.04 Å². The van der Waals surface area contributed by atoms with Crippen molar-refractivity contribution in [1.82, 2.24) is 0 Å². The minimum atomic E-state index is -4.08. The first-order chi connectivity index (χ1) is 20.6. The highest BCUT2D eigenvalue weighted by Gasteiger charge is 2.57. The molecule has 14 heteroatoms. The van der Waals surface area contributed by atoms with E-state index in [4.69, 9.17) is 31.7 Å². The molecule has 11 nitrogen and oxygen atoms in total. The minimum absolute atomic E-state index is 0.0342. The SMILES string of the molecule is CC1(C)O[C@H]([C@@H](OS(C)(=O)=O)[C@@H]2OC(C)(C)O[C@H]2CO[Si](c2ccccc2)(c2ccccc2)C(C)(C)C)[C@H](COS(C)(=O)=O)O1. The van der Waals surface area contributed by atoms with Crippen molar-refractivity contribution in [2.75, 3.05) is 25.7 Å². The minimum Gasteiger partial charge on any atom is -0.405 e. The fraction of sp³-hybridized carbons (Fsp3) is 0.613. The molecular formula is C31H46O11S2Si. The summed E-state index contributed by atoms with van der Waals surface area (Å²) in [5.41, 5.74) is 0. The topological polar surface area (TPSA) is 133 Å². The lowest BCUT2D eigenvalue weighted by atomic mass is 10.00. The van der Waals surface area contributed by atoms with Crippen molar-refractivity contribution in [3.63, 3.8) is 0 Å². The van der Waals surface area contributed by atoms with Crippen LogP contribution in [0, 0.1) is 0 Å². The lowest BCUT2D eigenvalue weighted by molar-refractivity contribution is -0.174. The number of hydrogen-bond donors (Lipinski definition) is 0. The average Bonchev–Trinajstić information content (AvgIpc) is 3.39. The Labute approximate surface area is 268 Å². The largest absolute Gasteiger partial charge is 0.405 e. The van der Waals surface area contributed by atoms with Crippen molar-refractivity contribution in [2.24, 2.45) is 0 Å². The van der Waals surface area contributed by atoms with Gasteiger partial charge in [0, 0.05) is 0 Å². The van der Waals surface area contributed by atoms with Gasteiger partial charge in [-0.15, -0.1) is 0 Å². The normalized spacial score (nSPS) is 26.2. The number of ether oxygens (including phenoxy) is 4. The second kappa shape index (κ2) is 13.1. The summed E-state index contributed by atoms with van der Waals surface area (Å²) in [6, 6.07) is 20.2. The summed E-state index contributed by atoms with van der Waals surface area (Å²) in [5, 5.41) is 1.80. The van der Waals surface area contributed by atoms with Gasteiger partial charge in [-0.3, -0.25) is 8.37 Å². The second-order valence-corrected chi connectivity index (χ2v) is 21.1. The van der Waals surface area contributed by atoms with E-state index >= 15 is 0 Å². The van der Waals surface area contributed by atoms with Crippen LogP contribution in [-0.4, -0.2) is 93.0 Å². The monoisotopic (exact) mass is 686 g/mol. The van der Waals surface area contributed by atoms with E-state index in [0.717, 1.165) is 22.9 Å². The Bertz CT molecular complexity index is 1470. The van der Waals surface area contributed by atoms with E-state index in [-0.39, 0.29) is 11.6 Å². The van der Waals surface area contributed by atoms with Crippen LogP contribution < -0.4 is 10.4 Å². The van der Waals surface area contributed by atoms with Crippen molar-refractivity contribution >= 4 is 38.9 Å². The first-order valence-electron chi connectivity index (χ1n) is 14.8. The quantitative estimate of drug-likeness (QED) is 0.241. The smallest absolute Gasteiger partial charge is 0.264 e. The van der Waals surface area contributed by atoms with Gasteiger partial charge in [0.25, 0.3) is 28.6 Å². The van der Waals surface area contributed by atoms with Gasteiger partial charge in [-0.1, -0.05) is 81.4 Å². The van der Waals surface area contributed by atoms with Crippen LogP contribution in [0.3, 0.4) is 0 Å². The predicted molar refractivity (Wildman–Crippen MR) is 172 cm³/mol.